The summed E-state index contributed by atoms with van der Waals surface area (Å²) in [5, 5.41) is 4.83. The van der Waals surface area contributed by atoms with Gasteiger partial charge in [-0.1, -0.05) is 41.9 Å². The minimum Gasteiger partial charge on any atom is -0.488 e. The van der Waals surface area contributed by atoms with Crippen molar-refractivity contribution in [2.24, 2.45) is 0 Å². The normalized spacial score (nSPS) is 11.2. The Kier molecular flexibility index (Phi) is 7.19. The fourth-order valence-electron chi connectivity index (χ4n) is 2.09. The van der Waals surface area contributed by atoms with Gasteiger partial charge in [0, 0.05) is 17.6 Å². The minimum atomic E-state index is -1.16. The number of esters is 1. The topological polar surface area (TPSA) is 93.7 Å². The predicted molar refractivity (Wildman–Crippen MR) is 99.7 cm³/mol. The standard InChI is InChI=1S/C19H19ClN2O5/c1-12(17(23)22-19(25)21-2)27-18(24)14-8-4-6-10-16(14)26-11-13-7-3-5-9-15(13)20/h3-10,12H,11H2,1-2H3,(H2,21,22,23,25). The van der Waals surface area contributed by atoms with Gasteiger partial charge < -0.3 is 14.8 Å². The number of amides is 3. The molecule has 2 N–H and O–H groups in total. The molecule has 8 heteroatoms. The summed E-state index contributed by atoms with van der Waals surface area (Å²) in [4.78, 5) is 35.4. The van der Waals surface area contributed by atoms with Crippen molar-refractivity contribution in [3.05, 3.63) is 64.7 Å². The predicted octanol–water partition coefficient (Wildman–Crippen LogP) is 2.92. The Morgan fingerprint density at radius 3 is 2.44 bits per heavy atom. The molecular formula is C19H19ClN2O5. The summed E-state index contributed by atoms with van der Waals surface area (Å²) in [6, 6.07) is 13.0. The smallest absolute Gasteiger partial charge is 0.342 e. The van der Waals surface area contributed by atoms with Crippen molar-refractivity contribution in [3.63, 3.8) is 0 Å². The maximum atomic E-state index is 12.4. The number of halogens is 1. The second kappa shape index (κ2) is 9.59. The molecule has 0 aliphatic heterocycles. The van der Waals surface area contributed by atoms with Crippen LogP contribution in [0.15, 0.2) is 48.5 Å². The van der Waals surface area contributed by atoms with Gasteiger partial charge >= 0.3 is 12.0 Å². The quantitative estimate of drug-likeness (QED) is 0.739. The van der Waals surface area contributed by atoms with Crippen LogP contribution in [-0.4, -0.2) is 31.1 Å². The van der Waals surface area contributed by atoms with Crippen LogP contribution in [0.5, 0.6) is 5.75 Å². The van der Waals surface area contributed by atoms with E-state index in [9.17, 15) is 14.4 Å². The Hall–Kier alpha value is -3.06. The fourth-order valence-corrected chi connectivity index (χ4v) is 2.28. The van der Waals surface area contributed by atoms with Crippen LogP contribution in [0.25, 0.3) is 0 Å². The highest BCUT2D eigenvalue weighted by atomic mass is 35.5. The fraction of sp³-hybridized carbons (Fsp3) is 0.211. The van der Waals surface area contributed by atoms with Crippen LogP contribution in [0.1, 0.15) is 22.8 Å². The van der Waals surface area contributed by atoms with Gasteiger partial charge in [-0.25, -0.2) is 9.59 Å². The Balaban J connectivity index is 2.05. The molecule has 2 aromatic rings. The highest BCUT2D eigenvalue weighted by Crippen LogP contribution is 2.23. The van der Waals surface area contributed by atoms with Crippen LogP contribution in [0, 0.1) is 0 Å². The van der Waals surface area contributed by atoms with Crippen LogP contribution < -0.4 is 15.4 Å². The zero-order valence-electron chi connectivity index (χ0n) is 14.8. The average molecular weight is 391 g/mol. The third-order valence-electron chi connectivity index (χ3n) is 3.56. The summed E-state index contributed by atoms with van der Waals surface area (Å²) < 4.78 is 10.8. The molecule has 142 valence electrons. The Morgan fingerprint density at radius 1 is 1.07 bits per heavy atom. The van der Waals surface area contributed by atoms with Crippen molar-refractivity contribution in [2.75, 3.05) is 7.05 Å². The summed E-state index contributed by atoms with van der Waals surface area (Å²) in [6.45, 7) is 1.53. The molecule has 2 rings (SSSR count). The molecule has 0 heterocycles. The number of carbonyl (C=O) groups excluding carboxylic acids is 3. The molecule has 0 saturated carbocycles. The van der Waals surface area contributed by atoms with Crippen molar-refractivity contribution >= 4 is 29.5 Å². The highest BCUT2D eigenvalue weighted by Gasteiger charge is 2.22. The van der Waals surface area contributed by atoms with Gasteiger partial charge in [0.25, 0.3) is 5.91 Å². The third kappa shape index (κ3) is 5.72. The molecule has 0 aliphatic rings. The van der Waals surface area contributed by atoms with Gasteiger partial charge in [0.1, 0.15) is 17.9 Å². The third-order valence-corrected chi connectivity index (χ3v) is 3.93. The number of urea groups is 1. The van der Waals surface area contributed by atoms with Gasteiger partial charge in [-0.15, -0.1) is 0 Å². The number of hydrogen-bond acceptors (Lipinski definition) is 5. The highest BCUT2D eigenvalue weighted by molar-refractivity contribution is 6.31. The lowest BCUT2D eigenvalue weighted by Gasteiger charge is -2.15. The number of hydrogen-bond donors (Lipinski definition) is 2. The van der Waals surface area contributed by atoms with Crippen LogP contribution in [0.2, 0.25) is 5.02 Å². The van der Waals surface area contributed by atoms with E-state index < -0.39 is 24.0 Å². The van der Waals surface area contributed by atoms with Gasteiger partial charge in [-0.05, 0) is 25.1 Å². The van der Waals surface area contributed by atoms with Gasteiger partial charge in [0.15, 0.2) is 6.10 Å². The minimum absolute atomic E-state index is 0.157. The Morgan fingerprint density at radius 2 is 1.74 bits per heavy atom. The first-order valence-electron chi connectivity index (χ1n) is 8.11. The van der Waals surface area contributed by atoms with E-state index >= 15 is 0 Å². The largest absolute Gasteiger partial charge is 0.488 e. The van der Waals surface area contributed by atoms with E-state index in [2.05, 4.69) is 5.32 Å². The summed E-state index contributed by atoms with van der Waals surface area (Å²) in [5.41, 5.74) is 0.921. The summed E-state index contributed by atoms with van der Waals surface area (Å²) in [5.74, 6) is -1.19. The molecule has 2 aromatic carbocycles. The van der Waals surface area contributed by atoms with Crippen molar-refractivity contribution in [2.45, 2.75) is 19.6 Å². The van der Waals surface area contributed by atoms with Crippen LogP contribution in [0.4, 0.5) is 4.79 Å². The van der Waals surface area contributed by atoms with E-state index in [0.717, 1.165) is 5.56 Å². The number of rotatable bonds is 6. The second-order valence-electron chi connectivity index (χ2n) is 5.49. The first kappa shape index (κ1) is 20.3. The number of benzene rings is 2. The van der Waals surface area contributed by atoms with E-state index in [0.29, 0.717) is 10.8 Å². The van der Waals surface area contributed by atoms with E-state index in [1.54, 1.807) is 24.3 Å². The number of imide groups is 1. The molecule has 0 aliphatic carbocycles. The summed E-state index contributed by atoms with van der Waals surface area (Å²) in [7, 11) is 1.37. The maximum absolute atomic E-state index is 12.4. The second-order valence-corrected chi connectivity index (χ2v) is 5.90. The molecule has 0 bridgehead atoms. The van der Waals surface area contributed by atoms with Gasteiger partial charge in [0.2, 0.25) is 0 Å². The number of nitrogens with one attached hydrogen (secondary N) is 2. The van der Waals surface area contributed by atoms with Crippen LogP contribution >= 0.6 is 11.6 Å². The maximum Gasteiger partial charge on any atom is 0.342 e. The van der Waals surface area contributed by atoms with Crippen LogP contribution in [0.3, 0.4) is 0 Å². The molecule has 3 amide bonds. The van der Waals surface area contributed by atoms with Gasteiger partial charge in [0.05, 0.1) is 0 Å². The van der Waals surface area contributed by atoms with Crippen molar-refractivity contribution < 1.29 is 23.9 Å². The molecule has 0 spiro atoms. The van der Waals surface area contributed by atoms with E-state index in [1.807, 2.05) is 23.5 Å². The monoisotopic (exact) mass is 390 g/mol. The molecule has 0 aromatic heterocycles. The van der Waals surface area contributed by atoms with Crippen molar-refractivity contribution in [3.8, 4) is 5.75 Å². The number of carbonyl (C=O) groups is 3. The lowest BCUT2D eigenvalue weighted by Crippen LogP contribution is -2.43. The summed E-state index contributed by atoms with van der Waals surface area (Å²) >= 11 is 6.10. The molecule has 0 fully saturated rings. The van der Waals surface area contributed by atoms with E-state index in [1.165, 1.54) is 20.0 Å². The number of ether oxygens (including phenoxy) is 2. The molecule has 1 unspecified atom stereocenters. The molecule has 7 nitrogen and oxygen atoms in total. The lowest BCUT2D eigenvalue weighted by atomic mass is 10.2. The van der Waals surface area contributed by atoms with Crippen molar-refractivity contribution in [1.82, 2.24) is 10.6 Å². The molecular weight excluding hydrogens is 372 g/mol. The molecule has 27 heavy (non-hydrogen) atoms. The first-order chi connectivity index (χ1) is 12.9. The van der Waals surface area contributed by atoms with E-state index in [-0.39, 0.29) is 12.2 Å². The van der Waals surface area contributed by atoms with Gasteiger partial charge in [-0.2, -0.15) is 0 Å². The zero-order chi connectivity index (χ0) is 19.8. The number of para-hydroxylation sites is 1. The SMILES string of the molecule is CNC(=O)NC(=O)C(C)OC(=O)c1ccccc1OCc1ccccc1Cl. The summed E-state index contributed by atoms with van der Waals surface area (Å²) in [6.07, 6.45) is -1.16. The molecule has 0 radical (unpaired) electrons. The Labute approximate surface area is 161 Å². The lowest BCUT2D eigenvalue weighted by molar-refractivity contribution is -0.127. The molecule has 0 saturated heterocycles. The van der Waals surface area contributed by atoms with Gasteiger partial charge in [-0.3, -0.25) is 10.1 Å². The van der Waals surface area contributed by atoms with Crippen LogP contribution in [-0.2, 0) is 16.1 Å². The zero-order valence-corrected chi connectivity index (χ0v) is 15.6. The molecule has 1 atom stereocenters. The first-order valence-corrected chi connectivity index (χ1v) is 8.49. The Bertz CT molecular complexity index is 840. The van der Waals surface area contributed by atoms with E-state index in [4.69, 9.17) is 21.1 Å². The van der Waals surface area contributed by atoms with Crippen molar-refractivity contribution in [1.29, 1.82) is 0 Å². The average Bonchev–Trinajstić information content (AvgIpc) is 2.67.